The molecular weight excluding hydrogens is 126 g/mol. The van der Waals surface area contributed by atoms with Gasteiger partial charge in [-0.25, -0.2) is 0 Å². The Bertz CT molecular complexity index is 176. The van der Waals surface area contributed by atoms with Crippen molar-refractivity contribution in [3.05, 3.63) is 0 Å². The van der Waals surface area contributed by atoms with Gasteiger partial charge in [-0.05, 0) is 32.2 Å². The zero-order valence-corrected chi connectivity index (χ0v) is 6.50. The van der Waals surface area contributed by atoms with Crippen molar-refractivity contribution in [3.8, 4) is 0 Å². The summed E-state index contributed by atoms with van der Waals surface area (Å²) in [7, 11) is 2.05. The number of rotatable bonds is 1. The molecule has 1 heterocycles. The highest BCUT2D eigenvalue weighted by atomic mass is 16.1. The number of carbonyl (C=O) groups is 1. The molecule has 2 rings (SSSR count). The third kappa shape index (κ3) is 0.717. The van der Waals surface area contributed by atoms with E-state index >= 15 is 0 Å². The fourth-order valence-electron chi connectivity index (χ4n) is 2.29. The molecule has 0 aromatic carbocycles. The van der Waals surface area contributed by atoms with Crippen molar-refractivity contribution in [1.82, 2.24) is 4.90 Å². The SMILES string of the molecule is CC(=O)[C@@H]1[C@H]2C[C@H]2CN1C. The lowest BCUT2D eigenvalue weighted by atomic mass is 10.1. The first-order valence-corrected chi connectivity index (χ1v) is 3.91. The van der Waals surface area contributed by atoms with Gasteiger partial charge in [0.15, 0.2) is 0 Å². The van der Waals surface area contributed by atoms with Crippen molar-refractivity contribution >= 4 is 5.78 Å². The van der Waals surface area contributed by atoms with E-state index in [4.69, 9.17) is 0 Å². The minimum absolute atomic E-state index is 0.269. The van der Waals surface area contributed by atoms with Crippen LogP contribution in [0.25, 0.3) is 0 Å². The van der Waals surface area contributed by atoms with E-state index in [2.05, 4.69) is 11.9 Å². The third-order valence-corrected chi connectivity index (χ3v) is 2.80. The molecule has 56 valence electrons. The van der Waals surface area contributed by atoms with Crippen LogP contribution in [0, 0.1) is 11.8 Å². The zero-order chi connectivity index (χ0) is 7.30. The molecule has 2 aliphatic rings. The first-order valence-electron chi connectivity index (χ1n) is 3.91. The largest absolute Gasteiger partial charge is 0.298 e. The monoisotopic (exact) mass is 139 g/mol. The highest BCUT2D eigenvalue weighted by molar-refractivity contribution is 5.82. The summed E-state index contributed by atoms with van der Waals surface area (Å²) < 4.78 is 0. The second-order valence-corrected chi connectivity index (χ2v) is 3.65. The van der Waals surface area contributed by atoms with Gasteiger partial charge in [0.25, 0.3) is 0 Å². The molecule has 0 aromatic heterocycles. The standard InChI is InChI=1S/C8H13NO/c1-5(10)8-7-3-6(7)4-9(8)2/h6-8H,3-4H2,1-2H3/t6-,7-,8+/m0/s1. The molecule has 2 fully saturated rings. The van der Waals surface area contributed by atoms with Crippen LogP contribution in [0.2, 0.25) is 0 Å². The average Bonchev–Trinajstić information content (AvgIpc) is 2.42. The summed E-state index contributed by atoms with van der Waals surface area (Å²) in [6.07, 6.45) is 1.30. The van der Waals surface area contributed by atoms with Crippen molar-refractivity contribution < 1.29 is 4.79 Å². The van der Waals surface area contributed by atoms with Crippen molar-refractivity contribution in [1.29, 1.82) is 0 Å². The second kappa shape index (κ2) is 1.82. The first-order chi connectivity index (χ1) is 4.70. The first kappa shape index (κ1) is 6.35. The van der Waals surface area contributed by atoms with E-state index in [9.17, 15) is 4.79 Å². The Balaban J connectivity index is 2.12. The lowest BCUT2D eigenvalue weighted by molar-refractivity contribution is -0.121. The molecule has 1 aliphatic heterocycles. The van der Waals surface area contributed by atoms with Crippen LogP contribution in [0.4, 0.5) is 0 Å². The van der Waals surface area contributed by atoms with Crippen LogP contribution in [-0.4, -0.2) is 30.3 Å². The Hall–Kier alpha value is -0.370. The molecule has 10 heavy (non-hydrogen) atoms. The summed E-state index contributed by atoms with van der Waals surface area (Å²) in [6, 6.07) is 0.269. The molecule has 3 atom stereocenters. The van der Waals surface area contributed by atoms with Crippen molar-refractivity contribution in [2.24, 2.45) is 11.8 Å². The molecule has 1 aliphatic carbocycles. The maximum absolute atomic E-state index is 11.1. The van der Waals surface area contributed by atoms with E-state index in [1.54, 1.807) is 6.92 Å². The number of Topliss-reactive ketones (excluding diaryl/α,β-unsaturated/α-hetero) is 1. The van der Waals surface area contributed by atoms with Gasteiger partial charge in [-0.2, -0.15) is 0 Å². The predicted molar refractivity (Wildman–Crippen MR) is 38.7 cm³/mol. The van der Waals surface area contributed by atoms with Crippen molar-refractivity contribution in [2.45, 2.75) is 19.4 Å². The molecule has 1 saturated heterocycles. The van der Waals surface area contributed by atoms with Crippen molar-refractivity contribution in [2.75, 3.05) is 13.6 Å². The molecule has 0 spiro atoms. The summed E-state index contributed by atoms with van der Waals surface area (Å²) in [5.74, 6) is 1.94. The number of fused-ring (bicyclic) bond motifs is 1. The van der Waals surface area contributed by atoms with Crippen LogP contribution in [0.3, 0.4) is 0 Å². The highest BCUT2D eigenvalue weighted by Gasteiger charge is 2.52. The lowest BCUT2D eigenvalue weighted by Gasteiger charge is -2.19. The number of nitrogens with zero attached hydrogens (tertiary/aromatic N) is 1. The van der Waals surface area contributed by atoms with Crippen LogP contribution in [0.5, 0.6) is 0 Å². The van der Waals surface area contributed by atoms with E-state index < -0.39 is 0 Å². The van der Waals surface area contributed by atoms with Crippen LogP contribution < -0.4 is 0 Å². The molecular formula is C8H13NO. The summed E-state index contributed by atoms with van der Waals surface area (Å²) in [5.41, 5.74) is 0. The molecule has 2 nitrogen and oxygen atoms in total. The molecule has 0 radical (unpaired) electrons. The van der Waals surface area contributed by atoms with Crippen LogP contribution in [-0.2, 0) is 4.79 Å². The van der Waals surface area contributed by atoms with E-state index in [0.717, 1.165) is 18.4 Å². The summed E-state index contributed by atoms with van der Waals surface area (Å²) >= 11 is 0. The normalized spacial score (nSPS) is 45.2. The number of ketones is 1. The number of carbonyl (C=O) groups excluding carboxylic acids is 1. The van der Waals surface area contributed by atoms with Gasteiger partial charge in [0.1, 0.15) is 5.78 Å². The molecule has 0 bridgehead atoms. The molecule has 1 saturated carbocycles. The van der Waals surface area contributed by atoms with E-state index in [-0.39, 0.29) is 6.04 Å². The molecule has 2 heteroatoms. The summed E-state index contributed by atoms with van der Waals surface area (Å²) in [5, 5.41) is 0. The van der Waals surface area contributed by atoms with Gasteiger partial charge in [-0.1, -0.05) is 0 Å². The minimum Gasteiger partial charge on any atom is -0.298 e. The van der Waals surface area contributed by atoms with Gasteiger partial charge in [0.05, 0.1) is 6.04 Å². The van der Waals surface area contributed by atoms with E-state index in [1.165, 1.54) is 6.42 Å². The van der Waals surface area contributed by atoms with E-state index in [0.29, 0.717) is 5.78 Å². The Morgan fingerprint density at radius 2 is 2.30 bits per heavy atom. The number of hydrogen-bond donors (Lipinski definition) is 0. The predicted octanol–water partition coefficient (Wildman–Crippen LogP) is 0.526. The summed E-state index contributed by atoms with van der Waals surface area (Å²) in [4.78, 5) is 13.2. The Labute approximate surface area is 61.2 Å². The third-order valence-electron chi connectivity index (χ3n) is 2.80. The van der Waals surface area contributed by atoms with Gasteiger partial charge in [-0.3, -0.25) is 9.69 Å². The fourth-order valence-corrected chi connectivity index (χ4v) is 2.29. The Kier molecular flexibility index (Phi) is 1.15. The molecule has 0 aromatic rings. The van der Waals surface area contributed by atoms with Crippen molar-refractivity contribution in [3.63, 3.8) is 0 Å². The topological polar surface area (TPSA) is 20.3 Å². The smallest absolute Gasteiger partial charge is 0.147 e. The van der Waals surface area contributed by atoms with Gasteiger partial charge in [-0.15, -0.1) is 0 Å². The number of hydrogen-bond acceptors (Lipinski definition) is 2. The maximum atomic E-state index is 11.1. The van der Waals surface area contributed by atoms with Gasteiger partial charge in [0, 0.05) is 6.54 Å². The second-order valence-electron chi connectivity index (χ2n) is 3.65. The van der Waals surface area contributed by atoms with Crippen LogP contribution >= 0.6 is 0 Å². The average molecular weight is 139 g/mol. The summed E-state index contributed by atoms with van der Waals surface area (Å²) in [6.45, 7) is 2.86. The zero-order valence-electron chi connectivity index (χ0n) is 6.50. The van der Waals surface area contributed by atoms with Gasteiger partial charge < -0.3 is 0 Å². The number of likely N-dealkylation sites (N-methyl/N-ethyl adjacent to an activating group) is 1. The Morgan fingerprint density at radius 3 is 2.60 bits per heavy atom. The number of likely N-dealkylation sites (tertiary alicyclic amines) is 1. The van der Waals surface area contributed by atoms with Crippen LogP contribution in [0.15, 0.2) is 0 Å². The minimum atomic E-state index is 0.269. The van der Waals surface area contributed by atoms with Gasteiger partial charge in [0.2, 0.25) is 0 Å². The Morgan fingerprint density at radius 1 is 1.60 bits per heavy atom. The fraction of sp³-hybridized carbons (Fsp3) is 0.875. The molecule has 0 N–H and O–H groups in total. The van der Waals surface area contributed by atoms with Gasteiger partial charge >= 0.3 is 0 Å². The highest BCUT2D eigenvalue weighted by Crippen LogP contribution is 2.48. The molecule has 0 unspecified atom stereocenters. The molecule has 0 amide bonds. The quantitative estimate of drug-likeness (QED) is 0.528. The number of piperidine rings is 1. The van der Waals surface area contributed by atoms with Crippen LogP contribution in [0.1, 0.15) is 13.3 Å². The lowest BCUT2D eigenvalue weighted by Crippen LogP contribution is -2.34. The maximum Gasteiger partial charge on any atom is 0.147 e. The van der Waals surface area contributed by atoms with E-state index in [1.807, 2.05) is 0 Å².